The highest BCUT2D eigenvalue weighted by Gasteiger charge is 2.33. The van der Waals surface area contributed by atoms with Crippen molar-refractivity contribution in [3.05, 3.63) is 58.6 Å². The van der Waals surface area contributed by atoms with Crippen LogP contribution in [0.5, 0.6) is 5.75 Å². The topological polar surface area (TPSA) is 93.7 Å². The lowest BCUT2D eigenvalue weighted by Gasteiger charge is -2.12. The van der Waals surface area contributed by atoms with Crippen molar-refractivity contribution in [1.82, 2.24) is 5.32 Å². The van der Waals surface area contributed by atoms with Crippen LogP contribution in [0.1, 0.15) is 22.8 Å². The number of carbonyl (C=O) groups excluding carboxylic acids is 3. The molecule has 0 aliphatic rings. The fourth-order valence-corrected chi connectivity index (χ4v) is 2.56. The van der Waals surface area contributed by atoms with Gasteiger partial charge in [0.2, 0.25) is 0 Å². The van der Waals surface area contributed by atoms with Gasteiger partial charge in [-0.3, -0.25) is 14.4 Å². The molecule has 0 saturated heterocycles. The van der Waals surface area contributed by atoms with Crippen LogP contribution in [0, 0.1) is 0 Å². The Kier molecular flexibility index (Phi) is 8.26. The molecule has 11 heteroatoms. The molecule has 0 aliphatic heterocycles. The van der Waals surface area contributed by atoms with Crippen LogP contribution in [0.3, 0.4) is 0 Å². The van der Waals surface area contributed by atoms with Gasteiger partial charge in [-0.25, -0.2) is 0 Å². The maximum Gasteiger partial charge on any atom is 0.417 e. The van der Waals surface area contributed by atoms with Crippen LogP contribution in [0.4, 0.5) is 18.9 Å². The molecule has 0 fully saturated rings. The van der Waals surface area contributed by atoms with Crippen molar-refractivity contribution in [2.45, 2.75) is 13.1 Å². The molecule has 0 unspecified atom stereocenters. The second-order valence-corrected chi connectivity index (χ2v) is 6.45. The summed E-state index contributed by atoms with van der Waals surface area (Å²) in [6.07, 6.45) is -4.69. The van der Waals surface area contributed by atoms with Crippen LogP contribution < -0.4 is 15.4 Å². The number of nitrogens with one attached hydrogen (secondary N) is 2. The Balaban J connectivity index is 1.79. The molecule has 0 atom stereocenters. The number of ether oxygens (including phenoxy) is 2. The fraction of sp³-hybridized carbons (Fsp3) is 0.250. The molecule has 2 rings (SSSR count). The Morgan fingerprint density at radius 3 is 2.35 bits per heavy atom. The summed E-state index contributed by atoms with van der Waals surface area (Å²) in [7, 11) is 0. The molecule has 0 bridgehead atoms. The number of hydrogen-bond donors (Lipinski definition) is 2. The first-order chi connectivity index (χ1) is 14.6. The van der Waals surface area contributed by atoms with Gasteiger partial charge in [-0.15, -0.1) is 0 Å². The average molecular weight is 459 g/mol. The first kappa shape index (κ1) is 24.0. The van der Waals surface area contributed by atoms with Gasteiger partial charge in [-0.05, 0) is 49.4 Å². The van der Waals surface area contributed by atoms with Crippen molar-refractivity contribution >= 4 is 35.1 Å². The summed E-state index contributed by atoms with van der Waals surface area (Å²) < 4.78 is 48.5. The Hall–Kier alpha value is -3.27. The third kappa shape index (κ3) is 7.49. The highest BCUT2D eigenvalue weighted by Crippen LogP contribution is 2.36. The number of esters is 1. The predicted molar refractivity (Wildman–Crippen MR) is 106 cm³/mol. The fourth-order valence-electron chi connectivity index (χ4n) is 2.34. The normalized spacial score (nSPS) is 10.9. The van der Waals surface area contributed by atoms with E-state index in [1.807, 2.05) is 6.92 Å². The number of hydrogen-bond acceptors (Lipinski definition) is 5. The minimum absolute atomic E-state index is 0.165. The summed E-state index contributed by atoms with van der Waals surface area (Å²) in [5, 5.41) is 3.98. The van der Waals surface area contributed by atoms with Gasteiger partial charge < -0.3 is 20.1 Å². The Bertz CT molecular complexity index is 949. The summed E-state index contributed by atoms with van der Waals surface area (Å²) in [6, 6.07) is 9.06. The van der Waals surface area contributed by atoms with Crippen LogP contribution in [0.2, 0.25) is 5.02 Å². The SMILES string of the molecule is CCOc1ccc(C(=O)NCC(=O)OCC(=O)Nc2ccc(Cl)c(C(F)(F)F)c2)cc1. The molecule has 0 radical (unpaired) electrons. The van der Waals surface area contributed by atoms with Gasteiger partial charge in [0.05, 0.1) is 17.2 Å². The molecule has 2 aromatic rings. The summed E-state index contributed by atoms with van der Waals surface area (Å²) in [5.41, 5.74) is -0.986. The first-order valence-electron chi connectivity index (χ1n) is 8.93. The zero-order valence-corrected chi connectivity index (χ0v) is 17.0. The van der Waals surface area contributed by atoms with Gasteiger partial charge in [0.1, 0.15) is 12.3 Å². The van der Waals surface area contributed by atoms with Gasteiger partial charge in [-0.2, -0.15) is 13.2 Å². The van der Waals surface area contributed by atoms with E-state index in [1.54, 1.807) is 12.1 Å². The Morgan fingerprint density at radius 1 is 1.06 bits per heavy atom. The molecule has 0 aromatic heterocycles. The van der Waals surface area contributed by atoms with Crippen molar-refractivity contribution in [2.75, 3.05) is 25.1 Å². The van der Waals surface area contributed by atoms with Crippen molar-refractivity contribution in [2.24, 2.45) is 0 Å². The molecular formula is C20H18ClF3N2O5. The molecule has 7 nitrogen and oxygen atoms in total. The van der Waals surface area contributed by atoms with E-state index in [9.17, 15) is 27.6 Å². The van der Waals surface area contributed by atoms with E-state index in [1.165, 1.54) is 18.2 Å². The highest BCUT2D eigenvalue weighted by molar-refractivity contribution is 6.31. The van der Waals surface area contributed by atoms with Gasteiger partial charge in [0.25, 0.3) is 11.8 Å². The average Bonchev–Trinajstić information content (AvgIpc) is 2.72. The molecule has 0 spiro atoms. The zero-order valence-electron chi connectivity index (χ0n) is 16.2. The molecule has 166 valence electrons. The minimum Gasteiger partial charge on any atom is -0.494 e. The Labute approximate surface area is 180 Å². The van der Waals surface area contributed by atoms with E-state index in [2.05, 4.69) is 10.6 Å². The largest absolute Gasteiger partial charge is 0.494 e. The second kappa shape index (κ2) is 10.7. The van der Waals surface area contributed by atoms with Gasteiger partial charge in [0, 0.05) is 11.3 Å². The maximum absolute atomic E-state index is 12.8. The number of anilines is 1. The lowest BCUT2D eigenvalue weighted by Crippen LogP contribution is -2.32. The van der Waals surface area contributed by atoms with Crippen LogP contribution in [0.15, 0.2) is 42.5 Å². The van der Waals surface area contributed by atoms with E-state index in [0.717, 1.165) is 6.07 Å². The standard InChI is InChI=1S/C20H18ClF3N2O5/c1-2-30-14-6-3-12(4-7-14)19(29)25-10-18(28)31-11-17(27)26-13-5-8-16(21)15(9-13)20(22,23)24/h3-9H,2,10-11H2,1H3,(H,25,29)(H,26,27). The summed E-state index contributed by atoms with van der Waals surface area (Å²) in [6.45, 7) is 1.05. The zero-order chi connectivity index (χ0) is 23.0. The Morgan fingerprint density at radius 2 is 1.74 bits per heavy atom. The van der Waals surface area contributed by atoms with Gasteiger partial charge >= 0.3 is 12.1 Å². The highest BCUT2D eigenvalue weighted by atomic mass is 35.5. The van der Waals surface area contributed by atoms with E-state index >= 15 is 0 Å². The number of benzene rings is 2. The third-order valence-corrected chi connectivity index (χ3v) is 4.07. The van der Waals surface area contributed by atoms with E-state index in [-0.39, 0.29) is 11.3 Å². The smallest absolute Gasteiger partial charge is 0.417 e. The molecule has 0 aliphatic carbocycles. The maximum atomic E-state index is 12.8. The first-order valence-corrected chi connectivity index (χ1v) is 9.31. The van der Waals surface area contributed by atoms with Gasteiger partial charge in [0.15, 0.2) is 6.61 Å². The quantitative estimate of drug-likeness (QED) is 0.589. The molecule has 0 saturated carbocycles. The number of rotatable bonds is 8. The minimum atomic E-state index is -4.69. The van der Waals surface area contributed by atoms with Crippen molar-refractivity contribution in [3.63, 3.8) is 0 Å². The van der Waals surface area contributed by atoms with Crippen LogP contribution >= 0.6 is 11.6 Å². The van der Waals surface area contributed by atoms with Gasteiger partial charge in [-0.1, -0.05) is 11.6 Å². The number of halogens is 4. The van der Waals surface area contributed by atoms with E-state index in [0.29, 0.717) is 18.4 Å². The molecule has 2 amide bonds. The number of alkyl halides is 3. The number of amides is 2. The van der Waals surface area contributed by atoms with Crippen LogP contribution in [-0.4, -0.2) is 37.5 Å². The van der Waals surface area contributed by atoms with Crippen LogP contribution in [-0.2, 0) is 20.5 Å². The monoisotopic (exact) mass is 458 g/mol. The number of carbonyl (C=O) groups is 3. The van der Waals surface area contributed by atoms with Crippen molar-refractivity contribution in [3.8, 4) is 5.75 Å². The molecule has 2 aromatic carbocycles. The second-order valence-electron chi connectivity index (χ2n) is 6.04. The van der Waals surface area contributed by atoms with Crippen LogP contribution in [0.25, 0.3) is 0 Å². The van der Waals surface area contributed by atoms with Crippen molar-refractivity contribution in [1.29, 1.82) is 0 Å². The summed E-state index contributed by atoms with van der Waals surface area (Å²) in [5.74, 6) is -1.71. The van der Waals surface area contributed by atoms with E-state index < -0.39 is 47.7 Å². The summed E-state index contributed by atoms with van der Waals surface area (Å²) in [4.78, 5) is 35.5. The molecule has 0 heterocycles. The van der Waals surface area contributed by atoms with E-state index in [4.69, 9.17) is 21.1 Å². The summed E-state index contributed by atoms with van der Waals surface area (Å²) >= 11 is 5.50. The third-order valence-electron chi connectivity index (χ3n) is 3.74. The molecule has 31 heavy (non-hydrogen) atoms. The molecule has 2 N–H and O–H groups in total. The molecular weight excluding hydrogens is 441 g/mol. The predicted octanol–water partition coefficient (Wildman–Crippen LogP) is 3.67. The lowest BCUT2D eigenvalue weighted by molar-refractivity contribution is -0.146. The lowest BCUT2D eigenvalue weighted by atomic mass is 10.2. The van der Waals surface area contributed by atoms with Crippen molar-refractivity contribution < 1.29 is 37.0 Å².